The van der Waals surface area contributed by atoms with Gasteiger partial charge in [-0.3, -0.25) is 4.90 Å². The third-order valence-electron chi connectivity index (χ3n) is 2.47. The van der Waals surface area contributed by atoms with Crippen LogP contribution in [-0.2, 0) is 0 Å². The minimum Gasteiger partial charge on any atom is -0.328 e. The first-order chi connectivity index (χ1) is 7.22. The Balaban J connectivity index is 3.87. The average Bonchev–Trinajstić information content (AvgIpc) is 2.07. The van der Waals surface area contributed by atoms with E-state index >= 15 is 0 Å². The van der Waals surface area contributed by atoms with Gasteiger partial charge >= 0.3 is 6.18 Å². The lowest BCUT2D eigenvalue weighted by molar-refractivity contribution is -0.149. The summed E-state index contributed by atoms with van der Waals surface area (Å²) in [5.74, 6) is 0. The maximum Gasteiger partial charge on any atom is 0.401 e. The molecule has 0 rings (SSSR count). The van der Waals surface area contributed by atoms with Crippen molar-refractivity contribution < 1.29 is 13.2 Å². The Hall–Kier alpha value is -0.290. The van der Waals surface area contributed by atoms with E-state index in [1.54, 1.807) is 13.8 Å². The molecule has 5 heteroatoms. The fourth-order valence-electron chi connectivity index (χ4n) is 1.53. The summed E-state index contributed by atoms with van der Waals surface area (Å²) in [5, 5.41) is 0. The number of alkyl halides is 3. The second-order valence-corrected chi connectivity index (χ2v) is 4.65. The minimum atomic E-state index is -4.11. The normalized spacial score (nSPS) is 14.8. The van der Waals surface area contributed by atoms with Crippen molar-refractivity contribution in [1.82, 2.24) is 4.90 Å². The molecule has 0 aliphatic heterocycles. The van der Waals surface area contributed by atoms with E-state index in [1.165, 1.54) is 4.90 Å². The third kappa shape index (κ3) is 8.97. The molecular weight excluding hydrogens is 217 g/mol. The summed E-state index contributed by atoms with van der Waals surface area (Å²) in [7, 11) is 0. The van der Waals surface area contributed by atoms with Gasteiger partial charge in [-0.15, -0.1) is 0 Å². The van der Waals surface area contributed by atoms with Crippen LogP contribution >= 0.6 is 0 Å². The highest BCUT2D eigenvalue weighted by molar-refractivity contribution is 4.67. The Kier molecular flexibility index (Phi) is 6.99. The lowest BCUT2D eigenvalue weighted by Gasteiger charge is -2.27. The van der Waals surface area contributed by atoms with Crippen LogP contribution in [0.15, 0.2) is 0 Å². The van der Waals surface area contributed by atoms with Gasteiger partial charge in [0, 0.05) is 12.1 Å². The van der Waals surface area contributed by atoms with E-state index in [9.17, 15) is 13.2 Å². The van der Waals surface area contributed by atoms with Gasteiger partial charge in [-0.2, -0.15) is 13.2 Å². The summed E-state index contributed by atoms with van der Waals surface area (Å²) in [5.41, 5.74) is 5.58. The van der Waals surface area contributed by atoms with Crippen LogP contribution in [0.3, 0.4) is 0 Å². The van der Waals surface area contributed by atoms with Gasteiger partial charge in [0.1, 0.15) is 0 Å². The van der Waals surface area contributed by atoms with Gasteiger partial charge in [0.15, 0.2) is 0 Å². The summed E-state index contributed by atoms with van der Waals surface area (Å²) in [6.07, 6.45) is -1.57. The maximum atomic E-state index is 12.2. The van der Waals surface area contributed by atoms with Crippen molar-refractivity contribution in [3.8, 4) is 0 Å². The molecule has 0 heterocycles. The van der Waals surface area contributed by atoms with E-state index in [-0.39, 0.29) is 12.1 Å². The predicted molar refractivity (Wildman–Crippen MR) is 60.3 cm³/mol. The second kappa shape index (κ2) is 7.12. The van der Waals surface area contributed by atoms with Crippen molar-refractivity contribution in [3.05, 3.63) is 0 Å². The first kappa shape index (κ1) is 15.7. The molecule has 0 spiro atoms. The van der Waals surface area contributed by atoms with E-state index in [1.807, 2.05) is 6.92 Å². The number of halogens is 3. The topological polar surface area (TPSA) is 29.3 Å². The zero-order valence-electron chi connectivity index (χ0n) is 10.3. The summed E-state index contributed by atoms with van der Waals surface area (Å²) >= 11 is 0. The third-order valence-corrected chi connectivity index (χ3v) is 2.47. The van der Waals surface area contributed by atoms with Gasteiger partial charge in [-0.1, -0.05) is 6.42 Å². The number of unbranched alkanes of at least 4 members (excludes halogenated alkanes) is 1. The van der Waals surface area contributed by atoms with Crippen LogP contribution < -0.4 is 5.73 Å². The molecule has 0 amide bonds. The van der Waals surface area contributed by atoms with Crippen molar-refractivity contribution in [2.75, 3.05) is 13.1 Å². The van der Waals surface area contributed by atoms with E-state index in [4.69, 9.17) is 5.73 Å². The lowest BCUT2D eigenvalue weighted by Crippen LogP contribution is -2.39. The first-order valence-electron chi connectivity index (χ1n) is 5.78. The van der Waals surface area contributed by atoms with Crippen LogP contribution in [0.1, 0.15) is 40.0 Å². The summed E-state index contributed by atoms with van der Waals surface area (Å²) in [4.78, 5) is 1.46. The molecule has 0 saturated carbocycles. The summed E-state index contributed by atoms with van der Waals surface area (Å²) < 4.78 is 36.7. The van der Waals surface area contributed by atoms with E-state index in [0.717, 1.165) is 19.3 Å². The average molecular weight is 240 g/mol. The van der Waals surface area contributed by atoms with Crippen LogP contribution in [-0.4, -0.2) is 36.2 Å². The fraction of sp³-hybridized carbons (Fsp3) is 1.00. The summed E-state index contributed by atoms with van der Waals surface area (Å²) in [6.45, 7) is 5.16. The van der Waals surface area contributed by atoms with Crippen molar-refractivity contribution in [2.45, 2.75) is 58.3 Å². The van der Waals surface area contributed by atoms with E-state index in [0.29, 0.717) is 6.54 Å². The quantitative estimate of drug-likeness (QED) is 0.693. The minimum absolute atomic E-state index is 0.0723. The van der Waals surface area contributed by atoms with Crippen molar-refractivity contribution in [1.29, 1.82) is 0 Å². The molecule has 0 fully saturated rings. The molecule has 1 atom stereocenters. The zero-order valence-corrected chi connectivity index (χ0v) is 10.3. The van der Waals surface area contributed by atoms with Gasteiger partial charge in [0.25, 0.3) is 0 Å². The molecular formula is C11H23F3N2. The Bertz CT molecular complexity index is 179. The van der Waals surface area contributed by atoms with Crippen LogP contribution in [0.5, 0.6) is 0 Å². The zero-order chi connectivity index (χ0) is 12.8. The number of hydrogen-bond donors (Lipinski definition) is 1. The molecule has 0 aromatic heterocycles. The molecule has 1 unspecified atom stereocenters. The summed E-state index contributed by atoms with van der Waals surface area (Å²) in [6, 6.07) is 0.0621. The van der Waals surface area contributed by atoms with Crippen molar-refractivity contribution in [3.63, 3.8) is 0 Å². The fourth-order valence-corrected chi connectivity index (χ4v) is 1.53. The van der Waals surface area contributed by atoms with Crippen LogP contribution in [0.2, 0.25) is 0 Å². The highest BCUT2D eigenvalue weighted by atomic mass is 19.4. The Morgan fingerprint density at radius 3 is 2.06 bits per heavy atom. The molecule has 2 N–H and O–H groups in total. The molecule has 0 saturated heterocycles. The monoisotopic (exact) mass is 240 g/mol. The van der Waals surface area contributed by atoms with Crippen molar-refractivity contribution in [2.24, 2.45) is 5.73 Å². The first-order valence-corrected chi connectivity index (χ1v) is 5.78. The number of nitrogens with zero attached hydrogens (tertiary/aromatic N) is 1. The van der Waals surface area contributed by atoms with Gasteiger partial charge in [-0.05, 0) is 40.2 Å². The molecule has 98 valence electrons. The highest BCUT2D eigenvalue weighted by Crippen LogP contribution is 2.18. The van der Waals surface area contributed by atoms with Gasteiger partial charge in [-0.25, -0.2) is 0 Å². The molecule has 0 aliphatic rings. The van der Waals surface area contributed by atoms with E-state index in [2.05, 4.69) is 0 Å². The van der Waals surface area contributed by atoms with Crippen molar-refractivity contribution >= 4 is 0 Å². The van der Waals surface area contributed by atoms with Gasteiger partial charge in [0.05, 0.1) is 6.54 Å². The molecule has 0 aromatic carbocycles. The molecule has 16 heavy (non-hydrogen) atoms. The number of rotatable bonds is 7. The lowest BCUT2D eigenvalue weighted by atomic mass is 10.1. The molecule has 2 nitrogen and oxygen atoms in total. The van der Waals surface area contributed by atoms with Crippen LogP contribution in [0.25, 0.3) is 0 Å². The second-order valence-electron chi connectivity index (χ2n) is 4.65. The SMILES string of the molecule is CC(N)CCCCN(CC(F)(F)F)C(C)C. The predicted octanol–water partition coefficient (Wildman–Crippen LogP) is 2.78. The van der Waals surface area contributed by atoms with E-state index < -0.39 is 12.7 Å². The number of nitrogens with two attached hydrogens (primary N) is 1. The van der Waals surface area contributed by atoms with Crippen LogP contribution in [0, 0.1) is 0 Å². The number of hydrogen-bond acceptors (Lipinski definition) is 2. The Morgan fingerprint density at radius 2 is 1.69 bits per heavy atom. The Morgan fingerprint density at radius 1 is 1.12 bits per heavy atom. The smallest absolute Gasteiger partial charge is 0.328 e. The largest absolute Gasteiger partial charge is 0.401 e. The highest BCUT2D eigenvalue weighted by Gasteiger charge is 2.31. The molecule has 0 aromatic rings. The standard InChI is InChI=1S/C11H23F3N2/c1-9(2)16(8-11(12,13)14)7-5-4-6-10(3)15/h9-10H,4-8,15H2,1-3H3. The van der Waals surface area contributed by atoms with Gasteiger partial charge < -0.3 is 5.73 Å². The van der Waals surface area contributed by atoms with Crippen LogP contribution in [0.4, 0.5) is 13.2 Å². The molecule has 0 aliphatic carbocycles. The molecule has 0 radical (unpaired) electrons. The maximum absolute atomic E-state index is 12.2. The molecule has 0 bridgehead atoms. The van der Waals surface area contributed by atoms with Gasteiger partial charge in [0.2, 0.25) is 0 Å². The Labute approximate surface area is 96.0 Å².